The van der Waals surface area contributed by atoms with E-state index < -0.39 is 0 Å². The predicted octanol–water partition coefficient (Wildman–Crippen LogP) is -0.228. The summed E-state index contributed by atoms with van der Waals surface area (Å²) in [6, 6.07) is 4.53. The van der Waals surface area contributed by atoms with E-state index in [1.54, 1.807) is 6.07 Å². The molecule has 0 aliphatic carbocycles. The van der Waals surface area contributed by atoms with Gasteiger partial charge in [-0.3, -0.25) is 0 Å². The molecule has 0 nitrogen and oxygen atoms in total. The van der Waals surface area contributed by atoms with Crippen LogP contribution in [0.25, 0.3) is 0 Å². The van der Waals surface area contributed by atoms with Crippen LogP contribution >= 0.6 is 15.9 Å². The third kappa shape index (κ3) is 4.94. The van der Waals surface area contributed by atoms with Crippen LogP contribution < -0.4 is 17.0 Å². The number of halogens is 3. The second-order valence-electron chi connectivity index (χ2n) is 1.78. The Hall–Kier alpha value is 0.603. The third-order valence-corrected chi connectivity index (χ3v) is 1.38. The molecule has 0 radical (unpaired) electrons. The van der Waals surface area contributed by atoms with E-state index in [1.807, 2.05) is 0 Å². The quantitative estimate of drug-likeness (QED) is 0.455. The summed E-state index contributed by atoms with van der Waals surface area (Å²) >= 11 is 3.13. The maximum Gasteiger partial charge on any atom is 2.00 e. The van der Waals surface area contributed by atoms with Crippen molar-refractivity contribution in [1.29, 1.82) is 0 Å². The average molecular weight is 333 g/mol. The van der Waals surface area contributed by atoms with E-state index in [2.05, 4.69) is 22.9 Å². The van der Waals surface area contributed by atoms with Crippen LogP contribution in [0.3, 0.4) is 0 Å². The fourth-order valence-electron chi connectivity index (χ4n) is 0.611. The van der Waals surface area contributed by atoms with Crippen LogP contribution in [0.2, 0.25) is 0 Å². The SMILES string of the molecule is [Br-].[CH2-]c1cc(F)cc(Br)c1.[Zn+2]. The Morgan fingerprint density at radius 2 is 1.82 bits per heavy atom. The predicted molar refractivity (Wildman–Crippen MR) is 38.6 cm³/mol. The molecule has 1 rings (SSSR count). The first-order valence-electron chi connectivity index (χ1n) is 2.46. The third-order valence-electron chi connectivity index (χ3n) is 0.922. The molecule has 0 heterocycles. The van der Waals surface area contributed by atoms with E-state index in [1.165, 1.54) is 12.1 Å². The van der Waals surface area contributed by atoms with Crippen LogP contribution in [0.1, 0.15) is 5.56 Å². The zero-order valence-corrected chi connectivity index (χ0v) is 11.9. The van der Waals surface area contributed by atoms with Gasteiger partial charge in [0.05, 0.1) is 5.82 Å². The van der Waals surface area contributed by atoms with Gasteiger partial charge >= 0.3 is 19.5 Å². The molecule has 0 unspecified atom stereocenters. The first-order chi connectivity index (χ1) is 4.18. The monoisotopic (exact) mass is 330 g/mol. The normalized spacial score (nSPS) is 7.82. The summed E-state index contributed by atoms with van der Waals surface area (Å²) in [4.78, 5) is 0. The largest absolute Gasteiger partial charge is 2.00 e. The van der Waals surface area contributed by atoms with Crippen LogP contribution in [0.4, 0.5) is 4.39 Å². The molecule has 0 bridgehead atoms. The van der Waals surface area contributed by atoms with E-state index in [0.717, 1.165) is 4.47 Å². The molecule has 4 heteroatoms. The zero-order chi connectivity index (χ0) is 6.85. The second kappa shape index (κ2) is 6.16. The molecular formula is C7H5Br2FZn. The van der Waals surface area contributed by atoms with E-state index in [-0.39, 0.29) is 42.3 Å². The number of hydrogen-bond donors (Lipinski definition) is 0. The maximum absolute atomic E-state index is 12.4. The van der Waals surface area contributed by atoms with Crippen molar-refractivity contribution in [1.82, 2.24) is 0 Å². The van der Waals surface area contributed by atoms with Gasteiger partial charge in [0.15, 0.2) is 0 Å². The van der Waals surface area contributed by atoms with Crippen molar-refractivity contribution in [2.45, 2.75) is 0 Å². The summed E-state index contributed by atoms with van der Waals surface area (Å²) < 4.78 is 13.1. The summed E-state index contributed by atoms with van der Waals surface area (Å²) in [5.74, 6) is -0.255. The first kappa shape index (κ1) is 14.1. The van der Waals surface area contributed by atoms with Gasteiger partial charge in [-0.2, -0.15) is 12.5 Å². The molecule has 0 aliphatic heterocycles. The molecule has 0 aromatic heterocycles. The average Bonchev–Trinajstić information content (AvgIpc) is 1.59. The minimum atomic E-state index is -0.255. The van der Waals surface area contributed by atoms with Gasteiger partial charge < -0.3 is 17.0 Å². The molecule has 0 N–H and O–H groups in total. The van der Waals surface area contributed by atoms with Crippen LogP contribution in [0.15, 0.2) is 22.7 Å². The molecule has 0 spiro atoms. The van der Waals surface area contributed by atoms with Gasteiger partial charge in [0.1, 0.15) is 0 Å². The molecule has 0 amide bonds. The van der Waals surface area contributed by atoms with Crippen molar-refractivity contribution in [3.8, 4) is 0 Å². The summed E-state index contributed by atoms with van der Waals surface area (Å²) in [6.45, 7) is 3.57. The summed E-state index contributed by atoms with van der Waals surface area (Å²) in [7, 11) is 0. The van der Waals surface area contributed by atoms with Gasteiger partial charge in [-0.05, 0) is 10.5 Å². The van der Waals surface area contributed by atoms with Crippen molar-refractivity contribution < 1.29 is 40.8 Å². The van der Waals surface area contributed by atoms with E-state index in [9.17, 15) is 4.39 Å². The molecule has 1 aromatic rings. The van der Waals surface area contributed by atoms with Crippen molar-refractivity contribution in [2.24, 2.45) is 0 Å². The zero-order valence-electron chi connectivity index (χ0n) is 5.78. The standard InChI is InChI=1S/C7H5BrF.BrH.Zn/c1-5-2-6(8)4-7(9)3-5;;/h2-4H,1H2;1H;/q-1;;+2/p-1. The molecule has 56 valence electrons. The minimum Gasteiger partial charge on any atom is -1.00 e. The summed E-state index contributed by atoms with van der Waals surface area (Å²) in [5.41, 5.74) is 0.682. The summed E-state index contributed by atoms with van der Waals surface area (Å²) in [5, 5.41) is 0. The van der Waals surface area contributed by atoms with Crippen LogP contribution in [-0.2, 0) is 19.5 Å². The van der Waals surface area contributed by atoms with E-state index in [4.69, 9.17) is 0 Å². The van der Waals surface area contributed by atoms with Gasteiger partial charge in [0.25, 0.3) is 0 Å². The number of hydrogen-bond acceptors (Lipinski definition) is 0. The van der Waals surface area contributed by atoms with Crippen molar-refractivity contribution in [3.63, 3.8) is 0 Å². The van der Waals surface area contributed by atoms with Gasteiger partial charge in [-0.1, -0.05) is 15.9 Å². The fraction of sp³-hybridized carbons (Fsp3) is 0. The van der Waals surface area contributed by atoms with Gasteiger partial charge in [-0.25, -0.2) is 4.39 Å². The first-order valence-corrected chi connectivity index (χ1v) is 3.26. The van der Waals surface area contributed by atoms with Crippen LogP contribution in [0.5, 0.6) is 0 Å². The molecule has 0 atom stereocenters. The Morgan fingerprint density at radius 3 is 2.18 bits per heavy atom. The Balaban J connectivity index is 0. The number of benzene rings is 1. The van der Waals surface area contributed by atoms with Gasteiger partial charge in [0.2, 0.25) is 0 Å². The van der Waals surface area contributed by atoms with E-state index >= 15 is 0 Å². The second-order valence-corrected chi connectivity index (χ2v) is 2.69. The smallest absolute Gasteiger partial charge is 1.00 e. The fourth-order valence-corrected chi connectivity index (χ4v) is 1.12. The van der Waals surface area contributed by atoms with Crippen molar-refractivity contribution in [2.75, 3.05) is 0 Å². The molecule has 0 saturated heterocycles. The molecule has 1 aromatic carbocycles. The van der Waals surface area contributed by atoms with Crippen LogP contribution in [-0.4, -0.2) is 0 Å². The van der Waals surface area contributed by atoms with Crippen molar-refractivity contribution in [3.05, 3.63) is 41.0 Å². The van der Waals surface area contributed by atoms with Gasteiger partial charge in [-0.15, -0.1) is 12.1 Å². The van der Waals surface area contributed by atoms with Crippen molar-refractivity contribution >= 4 is 15.9 Å². The van der Waals surface area contributed by atoms with Gasteiger partial charge in [0, 0.05) is 0 Å². The molecular weight excluding hydrogens is 328 g/mol. The Morgan fingerprint density at radius 1 is 1.27 bits per heavy atom. The minimum absolute atomic E-state index is 0. The van der Waals surface area contributed by atoms with E-state index in [0.29, 0.717) is 5.56 Å². The number of rotatable bonds is 0. The Kier molecular flexibility index (Phi) is 7.92. The molecule has 0 fully saturated rings. The Labute approximate surface area is 97.2 Å². The molecule has 0 aliphatic rings. The maximum atomic E-state index is 12.4. The summed E-state index contributed by atoms with van der Waals surface area (Å²) in [6.07, 6.45) is 0. The van der Waals surface area contributed by atoms with Crippen LogP contribution in [0, 0.1) is 12.7 Å². The topological polar surface area (TPSA) is 0 Å². The molecule has 0 saturated carbocycles. The molecule has 11 heavy (non-hydrogen) atoms. The Bertz CT molecular complexity index is 177.